The van der Waals surface area contributed by atoms with Crippen LogP contribution in [0.1, 0.15) is 31.2 Å². The summed E-state index contributed by atoms with van der Waals surface area (Å²) in [6.45, 7) is 3.87. The van der Waals surface area contributed by atoms with Crippen LogP contribution in [0.25, 0.3) is 0 Å². The van der Waals surface area contributed by atoms with Gasteiger partial charge >= 0.3 is 5.97 Å². The summed E-state index contributed by atoms with van der Waals surface area (Å²) in [5.74, 6) is 0.252. The average Bonchev–Trinajstić information content (AvgIpc) is 3.23. The third kappa shape index (κ3) is 3.96. The molecule has 1 aromatic heterocycles. The van der Waals surface area contributed by atoms with Crippen LogP contribution >= 0.6 is 23.6 Å². The number of methoxy groups -OCH3 is 1. The zero-order valence-corrected chi connectivity index (χ0v) is 16.4. The Labute approximate surface area is 164 Å². The number of hydrogen-bond donors (Lipinski definition) is 3. The first-order valence-electron chi connectivity index (χ1n) is 7.86. The number of carbonyl (C=O) groups is 2. The largest absolute Gasteiger partial charge is 0.465 e. The lowest BCUT2D eigenvalue weighted by molar-refractivity contribution is 0.0601. The number of ether oxygens (including phenoxy) is 3. The molecule has 1 amide bonds. The number of nitrogens with one attached hydrogen (secondary N) is 3. The van der Waals surface area contributed by atoms with E-state index < -0.39 is 11.9 Å². The molecule has 0 radical (unpaired) electrons. The number of anilines is 1. The molecule has 27 heavy (non-hydrogen) atoms. The quantitative estimate of drug-likeness (QED) is 0.406. The lowest BCUT2D eigenvalue weighted by atomic mass is 10.1. The molecule has 0 spiro atoms. The molecule has 1 aromatic carbocycles. The Morgan fingerprint density at radius 3 is 2.67 bits per heavy atom. The second-order valence-electron chi connectivity index (χ2n) is 5.58. The second-order valence-corrected chi connectivity index (χ2v) is 7.21. The third-order valence-corrected chi connectivity index (χ3v) is 5.25. The average molecular weight is 407 g/mol. The predicted molar refractivity (Wildman–Crippen MR) is 105 cm³/mol. The summed E-state index contributed by atoms with van der Waals surface area (Å²) in [7, 11) is 1.32. The minimum absolute atomic E-state index is 0.134. The van der Waals surface area contributed by atoms with E-state index in [2.05, 4.69) is 16.2 Å². The van der Waals surface area contributed by atoms with Crippen LogP contribution in [0.5, 0.6) is 11.5 Å². The maximum Gasteiger partial charge on any atom is 0.341 e. The number of esters is 1. The predicted octanol–water partition coefficient (Wildman–Crippen LogP) is 2.51. The highest BCUT2D eigenvalue weighted by Gasteiger charge is 2.21. The van der Waals surface area contributed by atoms with Crippen LogP contribution < -0.4 is 25.6 Å². The van der Waals surface area contributed by atoms with Gasteiger partial charge in [0, 0.05) is 10.4 Å². The highest BCUT2D eigenvalue weighted by atomic mass is 32.1. The SMILES string of the molecule is COC(=O)c1c(NC(=S)NNC(=O)c2ccc3c(c2)OCO3)sc(C)c1C. The van der Waals surface area contributed by atoms with E-state index in [1.165, 1.54) is 18.4 Å². The maximum atomic E-state index is 12.3. The van der Waals surface area contributed by atoms with Gasteiger partial charge in [0.05, 0.1) is 12.7 Å². The van der Waals surface area contributed by atoms with E-state index in [1.54, 1.807) is 18.2 Å². The summed E-state index contributed by atoms with van der Waals surface area (Å²) in [6, 6.07) is 4.85. The fraction of sp³-hybridized carbons (Fsp3) is 0.235. The van der Waals surface area contributed by atoms with Gasteiger partial charge in [0.25, 0.3) is 5.91 Å². The summed E-state index contributed by atoms with van der Waals surface area (Å²) in [5.41, 5.74) is 6.73. The number of aryl methyl sites for hydroxylation is 1. The molecule has 0 aliphatic carbocycles. The van der Waals surface area contributed by atoms with Crippen LogP contribution in [-0.2, 0) is 4.74 Å². The van der Waals surface area contributed by atoms with Crippen LogP contribution in [-0.4, -0.2) is 30.9 Å². The molecule has 0 bridgehead atoms. The van der Waals surface area contributed by atoms with Gasteiger partial charge in [-0.25, -0.2) is 4.79 Å². The molecule has 0 saturated heterocycles. The van der Waals surface area contributed by atoms with E-state index in [0.29, 0.717) is 27.6 Å². The number of thiocarbonyl (C=S) groups is 1. The molecular weight excluding hydrogens is 390 g/mol. The van der Waals surface area contributed by atoms with Crippen molar-refractivity contribution in [2.24, 2.45) is 0 Å². The van der Waals surface area contributed by atoms with Crippen LogP contribution in [0, 0.1) is 13.8 Å². The van der Waals surface area contributed by atoms with Gasteiger partial charge in [-0.2, -0.15) is 0 Å². The van der Waals surface area contributed by atoms with Crippen LogP contribution in [0.15, 0.2) is 18.2 Å². The Bertz CT molecular complexity index is 926. The Hall–Kier alpha value is -2.85. The molecule has 0 fully saturated rings. The van der Waals surface area contributed by atoms with Gasteiger partial charge in [-0.05, 0) is 49.8 Å². The Morgan fingerprint density at radius 2 is 1.93 bits per heavy atom. The van der Waals surface area contributed by atoms with E-state index in [9.17, 15) is 9.59 Å². The standard InChI is InChI=1S/C17H17N3O5S2/c1-8-9(2)27-15(13(8)16(22)23-3)18-17(26)20-19-14(21)10-4-5-11-12(6-10)25-7-24-11/h4-6H,7H2,1-3H3,(H,19,21)(H2,18,20,26). The van der Waals surface area contributed by atoms with Gasteiger partial charge in [0.2, 0.25) is 6.79 Å². The van der Waals surface area contributed by atoms with Crippen molar-refractivity contribution in [2.45, 2.75) is 13.8 Å². The summed E-state index contributed by atoms with van der Waals surface area (Å²) in [4.78, 5) is 25.2. The van der Waals surface area contributed by atoms with Crippen molar-refractivity contribution in [2.75, 3.05) is 19.2 Å². The number of thiophene rings is 1. The summed E-state index contributed by atoms with van der Waals surface area (Å²) in [6.07, 6.45) is 0. The second kappa shape index (κ2) is 7.80. The van der Waals surface area contributed by atoms with E-state index in [4.69, 9.17) is 26.4 Å². The van der Waals surface area contributed by atoms with E-state index in [0.717, 1.165) is 10.4 Å². The van der Waals surface area contributed by atoms with Crippen molar-refractivity contribution in [3.63, 3.8) is 0 Å². The van der Waals surface area contributed by atoms with Gasteiger partial charge in [-0.3, -0.25) is 15.6 Å². The van der Waals surface area contributed by atoms with Crippen molar-refractivity contribution in [3.8, 4) is 11.5 Å². The van der Waals surface area contributed by atoms with E-state index in [-0.39, 0.29) is 11.9 Å². The normalized spacial score (nSPS) is 11.7. The third-order valence-electron chi connectivity index (χ3n) is 3.93. The Kier molecular flexibility index (Phi) is 5.47. The molecule has 0 unspecified atom stereocenters. The number of fused-ring (bicyclic) bond motifs is 1. The fourth-order valence-electron chi connectivity index (χ4n) is 2.42. The fourth-order valence-corrected chi connectivity index (χ4v) is 3.69. The number of hydrogen-bond acceptors (Lipinski definition) is 7. The number of carbonyl (C=O) groups excluding carboxylic acids is 2. The van der Waals surface area contributed by atoms with Gasteiger partial charge in [-0.1, -0.05) is 0 Å². The zero-order chi connectivity index (χ0) is 19.6. The molecule has 1 aliphatic rings. The minimum atomic E-state index is -0.452. The first kappa shape index (κ1) is 18.9. The summed E-state index contributed by atoms with van der Waals surface area (Å²) >= 11 is 6.57. The Balaban J connectivity index is 1.63. The van der Waals surface area contributed by atoms with Gasteiger partial charge in [-0.15, -0.1) is 11.3 Å². The monoisotopic (exact) mass is 407 g/mol. The van der Waals surface area contributed by atoms with Gasteiger partial charge in [0.1, 0.15) is 5.00 Å². The molecule has 3 rings (SSSR count). The van der Waals surface area contributed by atoms with Crippen molar-refractivity contribution in [3.05, 3.63) is 39.8 Å². The summed E-state index contributed by atoms with van der Waals surface area (Å²) in [5, 5.41) is 3.60. The Morgan fingerprint density at radius 1 is 1.19 bits per heavy atom. The zero-order valence-electron chi connectivity index (χ0n) is 14.8. The number of amides is 1. The molecule has 0 saturated carbocycles. The molecule has 1 aliphatic heterocycles. The highest BCUT2D eigenvalue weighted by molar-refractivity contribution is 7.80. The topological polar surface area (TPSA) is 97.9 Å². The first-order valence-corrected chi connectivity index (χ1v) is 9.08. The smallest absolute Gasteiger partial charge is 0.341 e. The van der Waals surface area contributed by atoms with Crippen LogP contribution in [0.2, 0.25) is 0 Å². The highest BCUT2D eigenvalue weighted by Crippen LogP contribution is 2.33. The lowest BCUT2D eigenvalue weighted by Crippen LogP contribution is -2.43. The van der Waals surface area contributed by atoms with Gasteiger partial charge < -0.3 is 19.5 Å². The van der Waals surface area contributed by atoms with Crippen molar-refractivity contribution < 1.29 is 23.8 Å². The van der Waals surface area contributed by atoms with E-state index in [1.807, 2.05) is 13.8 Å². The molecule has 10 heteroatoms. The van der Waals surface area contributed by atoms with Gasteiger partial charge in [0.15, 0.2) is 16.6 Å². The summed E-state index contributed by atoms with van der Waals surface area (Å²) < 4.78 is 15.3. The number of hydrazine groups is 1. The molecular formula is C17H17N3O5S2. The van der Waals surface area contributed by atoms with Crippen molar-refractivity contribution in [1.29, 1.82) is 0 Å². The minimum Gasteiger partial charge on any atom is -0.465 e. The molecule has 2 aromatic rings. The van der Waals surface area contributed by atoms with Crippen molar-refractivity contribution >= 4 is 45.5 Å². The maximum absolute atomic E-state index is 12.3. The lowest BCUT2D eigenvalue weighted by Gasteiger charge is -2.12. The molecule has 142 valence electrons. The van der Waals surface area contributed by atoms with Crippen LogP contribution in [0.3, 0.4) is 0 Å². The van der Waals surface area contributed by atoms with E-state index >= 15 is 0 Å². The molecule has 3 N–H and O–H groups in total. The molecule has 0 atom stereocenters. The van der Waals surface area contributed by atoms with Crippen molar-refractivity contribution in [1.82, 2.24) is 10.9 Å². The van der Waals surface area contributed by atoms with Crippen LogP contribution in [0.4, 0.5) is 5.00 Å². The number of benzene rings is 1. The molecule has 2 heterocycles. The number of rotatable bonds is 3. The first-order chi connectivity index (χ1) is 12.9. The molecule has 8 nitrogen and oxygen atoms in total.